The molecule has 1 aromatic carbocycles. The molecule has 38 heavy (non-hydrogen) atoms. The van der Waals surface area contributed by atoms with Crippen LogP contribution in [0, 0.1) is 0 Å². The zero-order chi connectivity index (χ0) is 27.8. The van der Waals surface area contributed by atoms with Crippen molar-refractivity contribution in [2.24, 2.45) is 5.73 Å². The van der Waals surface area contributed by atoms with Crippen molar-refractivity contribution in [1.82, 2.24) is 0 Å². The molecule has 1 amide bonds. The Bertz CT molecular complexity index is 807. The van der Waals surface area contributed by atoms with Crippen molar-refractivity contribution in [1.29, 1.82) is 0 Å². The normalized spacial score (nSPS) is 10.7. The van der Waals surface area contributed by atoms with Gasteiger partial charge in [0.25, 0.3) is 0 Å². The largest absolute Gasteiger partial charge is 0.493 e. The van der Waals surface area contributed by atoms with E-state index in [-0.39, 0.29) is 11.9 Å². The quantitative estimate of drug-likeness (QED) is 0.124. The predicted octanol–water partition coefficient (Wildman–Crippen LogP) is 5.65. The molecule has 0 aliphatic carbocycles. The van der Waals surface area contributed by atoms with Gasteiger partial charge in [-0.2, -0.15) is 23.5 Å². The van der Waals surface area contributed by atoms with Gasteiger partial charge >= 0.3 is 11.9 Å². The van der Waals surface area contributed by atoms with Crippen LogP contribution in [-0.2, 0) is 19.1 Å². The summed E-state index contributed by atoms with van der Waals surface area (Å²) in [6.45, 7) is 5.96. The minimum atomic E-state index is -0.546. The van der Waals surface area contributed by atoms with Gasteiger partial charge in [-0.1, -0.05) is 39.5 Å². The topological polar surface area (TPSA) is 114 Å². The molecule has 0 aliphatic heterocycles. The molecule has 0 aromatic heterocycles. The molecule has 0 unspecified atom stereocenters. The predicted molar refractivity (Wildman–Crippen MR) is 155 cm³/mol. The monoisotopic (exact) mass is 571 g/mol. The van der Waals surface area contributed by atoms with Gasteiger partial charge in [-0.05, 0) is 37.1 Å². The highest BCUT2D eigenvalue weighted by Gasteiger charge is 2.08. The molecule has 0 fully saturated rings. The van der Waals surface area contributed by atoms with E-state index in [0.29, 0.717) is 62.1 Å². The van der Waals surface area contributed by atoms with E-state index in [1.807, 2.05) is 0 Å². The third-order valence-corrected chi connectivity index (χ3v) is 7.26. The van der Waals surface area contributed by atoms with Gasteiger partial charge in [-0.3, -0.25) is 14.4 Å². The smallest absolute Gasteiger partial charge is 0.305 e. The molecular formula is C28H45NO7S2. The van der Waals surface area contributed by atoms with Crippen molar-refractivity contribution in [2.75, 3.05) is 49.4 Å². The Hall–Kier alpha value is -2.07. The molecule has 0 aliphatic rings. The molecule has 1 rings (SSSR count). The van der Waals surface area contributed by atoms with E-state index in [9.17, 15) is 14.4 Å². The number of nitrogens with two attached hydrogens (primary N) is 1. The van der Waals surface area contributed by atoms with E-state index in [4.69, 9.17) is 24.7 Å². The van der Waals surface area contributed by atoms with Gasteiger partial charge in [0.1, 0.15) is 24.7 Å². The summed E-state index contributed by atoms with van der Waals surface area (Å²) in [6, 6.07) is 4.97. The van der Waals surface area contributed by atoms with E-state index < -0.39 is 5.91 Å². The second-order valence-corrected chi connectivity index (χ2v) is 11.1. The van der Waals surface area contributed by atoms with E-state index in [0.717, 1.165) is 62.2 Å². The number of esters is 2. The summed E-state index contributed by atoms with van der Waals surface area (Å²) < 4.78 is 22.1. The standard InChI is InChI=1S/C28H45NO7S2/c1-3-5-7-10-26(30)35-14-18-37-16-9-12-33-24-20-23(28(29)32)21-25(22-24)34-13-17-38-19-15-36-27(31)11-8-6-4-2/h20-22H,3-19H2,1-2H3,(H2,29,32). The lowest BCUT2D eigenvalue weighted by Crippen LogP contribution is -2.12. The zero-order valence-corrected chi connectivity index (χ0v) is 24.6. The number of rotatable bonds is 24. The third kappa shape index (κ3) is 18.2. The maximum atomic E-state index is 11.7. The number of primary amides is 1. The Balaban J connectivity index is 2.22. The Kier molecular flexibility index (Phi) is 20.4. The lowest BCUT2D eigenvalue weighted by molar-refractivity contribution is -0.144. The Morgan fingerprint density at radius 2 is 1.16 bits per heavy atom. The number of carbonyl (C=O) groups is 3. The van der Waals surface area contributed by atoms with E-state index >= 15 is 0 Å². The molecule has 0 heterocycles. The van der Waals surface area contributed by atoms with Gasteiger partial charge in [0, 0.05) is 41.7 Å². The number of thioether (sulfide) groups is 2. The van der Waals surface area contributed by atoms with Crippen LogP contribution in [0.1, 0.15) is 82.0 Å². The highest BCUT2D eigenvalue weighted by molar-refractivity contribution is 7.99. The summed E-state index contributed by atoms with van der Waals surface area (Å²) in [6.07, 6.45) is 7.83. The first-order chi connectivity index (χ1) is 18.5. The van der Waals surface area contributed by atoms with Crippen molar-refractivity contribution >= 4 is 41.4 Å². The number of hydrogen-bond acceptors (Lipinski definition) is 9. The molecule has 0 saturated heterocycles. The summed E-state index contributed by atoms with van der Waals surface area (Å²) in [4.78, 5) is 34.9. The molecular weight excluding hydrogens is 526 g/mol. The van der Waals surface area contributed by atoms with E-state index in [2.05, 4.69) is 13.8 Å². The van der Waals surface area contributed by atoms with Gasteiger partial charge in [-0.15, -0.1) is 0 Å². The molecule has 0 spiro atoms. The van der Waals surface area contributed by atoms with Gasteiger partial charge in [0.05, 0.1) is 13.2 Å². The van der Waals surface area contributed by atoms with Crippen LogP contribution in [0.3, 0.4) is 0 Å². The molecule has 2 N–H and O–H groups in total. The van der Waals surface area contributed by atoms with Crippen molar-refractivity contribution < 1.29 is 33.3 Å². The molecule has 0 atom stereocenters. The first-order valence-electron chi connectivity index (χ1n) is 13.6. The number of benzene rings is 1. The van der Waals surface area contributed by atoms with Crippen LogP contribution in [0.25, 0.3) is 0 Å². The summed E-state index contributed by atoms with van der Waals surface area (Å²) in [5, 5.41) is 0. The van der Waals surface area contributed by atoms with Crippen LogP contribution in [-0.4, -0.2) is 67.3 Å². The number of hydrogen-bond donors (Lipinski definition) is 1. The highest BCUT2D eigenvalue weighted by Crippen LogP contribution is 2.23. The number of unbranched alkanes of at least 4 members (excludes halogenated alkanes) is 4. The van der Waals surface area contributed by atoms with Crippen molar-refractivity contribution in [3.63, 3.8) is 0 Å². The Labute approximate surface area is 236 Å². The first-order valence-corrected chi connectivity index (χ1v) is 15.9. The second-order valence-electron chi connectivity index (χ2n) is 8.69. The number of amides is 1. The molecule has 216 valence electrons. The maximum absolute atomic E-state index is 11.7. The van der Waals surface area contributed by atoms with Crippen molar-refractivity contribution in [2.45, 2.75) is 71.6 Å². The average Bonchev–Trinajstić information content (AvgIpc) is 2.89. The lowest BCUT2D eigenvalue weighted by atomic mass is 10.2. The van der Waals surface area contributed by atoms with Crippen LogP contribution in [0.5, 0.6) is 11.5 Å². The summed E-state index contributed by atoms with van der Waals surface area (Å²) >= 11 is 3.34. The van der Waals surface area contributed by atoms with Gasteiger partial charge < -0.3 is 24.7 Å². The van der Waals surface area contributed by atoms with Gasteiger partial charge in [0.2, 0.25) is 5.91 Å². The summed E-state index contributed by atoms with van der Waals surface area (Å²) in [7, 11) is 0. The lowest BCUT2D eigenvalue weighted by Gasteiger charge is -2.12. The van der Waals surface area contributed by atoms with E-state index in [1.165, 1.54) is 0 Å². The molecule has 8 nitrogen and oxygen atoms in total. The zero-order valence-electron chi connectivity index (χ0n) is 23.0. The van der Waals surface area contributed by atoms with Crippen LogP contribution in [0.2, 0.25) is 0 Å². The second kappa shape index (κ2) is 22.9. The Morgan fingerprint density at radius 3 is 1.68 bits per heavy atom. The average molecular weight is 572 g/mol. The van der Waals surface area contributed by atoms with E-state index in [1.54, 1.807) is 41.7 Å². The first kappa shape index (κ1) is 34.0. The van der Waals surface area contributed by atoms with Crippen molar-refractivity contribution in [3.8, 4) is 11.5 Å². The third-order valence-electron chi connectivity index (χ3n) is 5.31. The SMILES string of the molecule is CCCCCC(=O)OCCSCCCOc1cc(OCCSCCOC(=O)CCCCC)cc(C(N)=O)c1. The maximum Gasteiger partial charge on any atom is 0.305 e. The molecule has 1 aromatic rings. The minimum Gasteiger partial charge on any atom is -0.493 e. The fraction of sp³-hybridized carbons (Fsp3) is 0.679. The summed E-state index contributed by atoms with van der Waals surface area (Å²) in [5.74, 6) is 3.31. The van der Waals surface area contributed by atoms with Crippen LogP contribution >= 0.6 is 23.5 Å². The van der Waals surface area contributed by atoms with Gasteiger partial charge in [0.15, 0.2) is 0 Å². The fourth-order valence-electron chi connectivity index (χ4n) is 3.27. The Morgan fingerprint density at radius 1 is 0.658 bits per heavy atom. The number of carbonyl (C=O) groups excluding carboxylic acids is 3. The summed E-state index contributed by atoms with van der Waals surface area (Å²) in [5.41, 5.74) is 5.80. The van der Waals surface area contributed by atoms with Crippen LogP contribution in [0.15, 0.2) is 18.2 Å². The number of ether oxygens (including phenoxy) is 4. The van der Waals surface area contributed by atoms with Crippen LogP contribution < -0.4 is 15.2 Å². The molecule has 0 bridgehead atoms. The molecule has 10 heteroatoms. The highest BCUT2D eigenvalue weighted by atomic mass is 32.2. The minimum absolute atomic E-state index is 0.119. The van der Waals surface area contributed by atoms with Crippen LogP contribution in [0.4, 0.5) is 0 Å². The van der Waals surface area contributed by atoms with Crippen molar-refractivity contribution in [3.05, 3.63) is 23.8 Å². The fourth-order valence-corrected chi connectivity index (χ4v) is 4.60. The molecule has 0 radical (unpaired) electrons. The van der Waals surface area contributed by atoms with Gasteiger partial charge in [-0.25, -0.2) is 0 Å². The molecule has 0 saturated carbocycles.